The molecule has 1 aliphatic rings. The lowest BCUT2D eigenvalue weighted by Gasteiger charge is -2.30. The highest BCUT2D eigenvalue weighted by atomic mass is 79.9. The molecule has 1 unspecified atom stereocenters. The number of ether oxygens (including phenoxy) is 2. The van der Waals surface area contributed by atoms with Crippen LogP contribution in [0.3, 0.4) is 0 Å². The molecule has 1 saturated heterocycles. The van der Waals surface area contributed by atoms with E-state index in [1.807, 2.05) is 0 Å². The van der Waals surface area contributed by atoms with Crippen molar-refractivity contribution in [3.8, 4) is 11.5 Å². The molecule has 8 heteroatoms. The van der Waals surface area contributed by atoms with E-state index in [9.17, 15) is 13.2 Å². The number of carbonyl (C=O) groups excluding carboxylic acids is 1. The Morgan fingerprint density at radius 1 is 1.07 bits per heavy atom. The number of carbonyl (C=O) groups is 1. The number of sulfonamides is 1. The number of benzene rings is 2. The van der Waals surface area contributed by atoms with E-state index in [0.717, 1.165) is 4.47 Å². The predicted molar refractivity (Wildman–Crippen MR) is 104 cm³/mol. The molecule has 0 N–H and O–H groups in total. The van der Waals surface area contributed by atoms with Gasteiger partial charge in [0.25, 0.3) is 0 Å². The second-order valence-corrected chi connectivity index (χ2v) is 9.11. The van der Waals surface area contributed by atoms with Gasteiger partial charge in [-0.2, -0.15) is 4.31 Å². The Morgan fingerprint density at radius 2 is 1.70 bits per heavy atom. The Morgan fingerprint density at radius 3 is 2.33 bits per heavy atom. The van der Waals surface area contributed by atoms with Gasteiger partial charge in [-0.1, -0.05) is 15.9 Å². The molecular formula is C19H20BrNO5S. The molecule has 0 aliphatic carbocycles. The number of halogens is 1. The second-order valence-electron chi connectivity index (χ2n) is 6.25. The summed E-state index contributed by atoms with van der Waals surface area (Å²) in [7, 11) is -2.14. The lowest BCUT2D eigenvalue weighted by atomic mass is 10.00. The van der Waals surface area contributed by atoms with E-state index in [-0.39, 0.29) is 11.4 Å². The zero-order chi connectivity index (χ0) is 19.4. The largest absolute Gasteiger partial charge is 0.497 e. The monoisotopic (exact) mass is 453 g/mol. The molecule has 0 spiro atoms. The summed E-state index contributed by atoms with van der Waals surface area (Å²) in [6.07, 6.45) is 1.21. The van der Waals surface area contributed by atoms with Crippen molar-refractivity contribution in [1.29, 1.82) is 0 Å². The maximum absolute atomic E-state index is 12.9. The van der Waals surface area contributed by atoms with Crippen LogP contribution in [0.2, 0.25) is 0 Å². The molecule has 0 bridgehead atoms. The fourth-order valence-electron chi connectivity index (χ4n) is 2.95. The number of esters is 1. The third-order valence-electron chi connectivity index (χ3n) is 4.45. The van der Waals surface area contributed by atoms with E-state index in [2.05, 4.69) is 15.9 Å². The molecule has 1 aliphatic heterocycles. The fraction of sp³-hybridized carbons (Fsp3) is 0.316. The number of rotatable bonds is 5. The van der Waals surface area contributed by atoms with Gasteiger partial charge in [-0.05, 0) is 61.4 Å². The van der Waals surface area contributed by atoms with Gasteiger partial charge in [-0.25, -0.2) is 8.42 Å². The zero-order valence-corrected chi connectivity index (χ0v) is 17.2. The van der Waals surface area contributed by atoms with Crippen LogP contribution in [0, 0.1) is 5.92 Å². The molecule has 2 aromatic carbocycles. The maximum Gasteiger partial charge on any atom is 0.315 e. The molecule has 1 heterocycles. The minimum atomic E-state index is -3.67. The quantitative estimate of drug-likeness (QED) is 0.511. The third-order valence-corrected chi connectivity index (χ3v) is 6.85. The molecule has 1 atom stereocenters. The average Bonchev–Trinajstić information content (AvgIpc) is 2.70. The topological polar surface area (TPSA) is 72.9 Å². The third kappa shape index (κ3) is 4.69. The van der Waals surface area contributed by atoms with Crippen molar-refractivity contribution in [3.63, 3.8) is 0 Å². The van der Waals surface area contributed by atoms with Gasteiger partial charge in [0.1, 0.15) is 11.5 Å². The van der Waals surface area contributed by atoms with Crippen LogP contribution in [0.4, 0.5) is 0 Å². The van der Waals surface area contributed by atoms with Crippen molar-refractivity contribution < 1.29 is 22.7 Å². The summed E-state index contributed by atoms with van der Waals surface area (Å²) in [5, 5.41) is 0. The standard InChI is InChI=1S/C19H20BrNO5S/c1-25-16-8-10-18(11-9-16)27(23,24)21-12-2-3-14(13-21)19(22)26-17-6-4-15(20)5-7-17/h4-11,14H,2-3,12-13H2,1H3. The number of hydrogen-bond acceptors (Lipinski definition) is 5. The number of nitrogens with zero attached hydrogens (tertiary/aromatic N) is 1. The lowest BCUT2D eigenvalue weighted by Crippen LogP contribution is -2.43. The van der Waals surface area contributed by atoms with Crippen molar-refractivity contribution in [2.24, 2.45) is 5.92 Å². The van der Waals surface area contributed by atoms with Gasteiger partial charge in [0, 0.05) is 17.6 Å². The van der Waals surface area contributed by atoms with Gasteiger partial charge < -0.3 is 9.47 Å². The molecule has 0 amide bonds. The minimum Gasteiger partial charge on any atom is -0.497 e. The van der Waals surface area contributed by atoms with Crippen molar-refractivity contribution in [1.82, 2.24) is 4.31 Å². The van der Waals surface area contributed by atoms with Crippen LogP contribution in [-0.4, -0.2) is 38.9 Å². The maximum atomic E-state index is 12.9. The average molecular weight is 454 g/mol. The SMILES string of the molecule is COc1ccc(S(=O)(=O)N2CCCC(C(=O)Oc3ccc(Br)cc3)C2)cc1. The molecule has 2 aromatic rings. The Balaban J connectivity index is 1.70. The smallest absolute Gasteiger partial charge is 0.315 e. The van der Waals surface area contributed by atoms with Crippen LogP contribution >= 0.6 is 15.9 Å². The summed E-state index contributed by atoms with van der Waals surface area (Å²) >= 11 is 3.33. The van der Waals surface area contributed by atoms with E-state index >= 15 is 0 Å². The number of hydrogen-bond donors (Lipinski definition) is 0. The summed E-state index contributed by atoms with van der Waals surface area (Å²) in [6, 6.07) is 13.2. The first-order valence-electron chi connectivity index (χ1n) is 8.51. The van der Waals surface area contributed by atoms with Gasteiger partial charge in [-0.15, -0.1) is 0 Å². The molecule has 1 fully saturated rings. The first-order chi connectivity index (χ1) is 12.9. The summed E-state index contributed by atoms with van der Waals surface area (Å²) in [5.74, 6) is 0.129. The van der Waals surface area contributed by atoms with Gasteiger partial charge in [-0.3, -0.25) is 4.79 Å². The Hall–Kier alpha value is -1.90. The summed E-state index contributed by atoms with van der Waals surface area (Å²) in [5.41, 5.74) is 0. The summed E-state index contributed by atoms with van der Waals surface area (Å²) in [4.78, 5) is 12.7. The van der Waals surface area contributed by atoms with Crippen molar-refractivity contribution >= 4 is 31.9 Å². The normalized spacial score (nSPS) is 18.1. The van der Waals surface area contributed by atoms with Gasteiger partial charge in [0.2, 0.25) is 10.0 Å². The van der Waals surface area contributed by atoms with Gasteiger partial charge in [0.05, 0.1) is 17.9 Å². The van der Waals surface area contributed by atoms with Crippen LogP contribution in [-0.2, 0) is 14.8 Å². The Bertz CT molecular complexity index is 897. The van der Waals surface area contributed by atoms with Crippen LogP contribution in [0.15, 0.2) is 57.9 Å². The molecule has 27 heavy (non-hydrogen) atoms. The van der Waals surface area contributed by atoms with E-state index in [0.29, 0.717) is 30.9 Å². The molecule has 0 radical (unpaired) electrons. The predicted octanol–water partition coefficient (Wildman–Crippen LogP) is 3.46. The van der Waals surface area contributed by atoms with Crippen molar-refractivity contribution in [2.75, 3.05) is 20.2 Å². The van der Waals surface area contributed by atoms with Gasteiger partial charge >= 0.3 is 5.97 Å². The van der Waals surface area contributed by atoms with Gasteiger partial charge in [0.15, 0.2) is 0 Å². The second kappa shape index (κ2) is 8.41. The summed E-state index contributed by atoms with van der Waals surface area (Å²) in [6.45, 7) is 0.500. The fourth-order valence-corrected chi connectivity index (χ4v) is 4.74. The molecule has 144 valence electrons. The first kappa shape index (κ1) is 19.9. The zero-order valence-electron chi connectivity index (χ0n) is 14.8. The molecule has 0 saturated carbocycles. The van der Waals surface area contributed by atoms with Crippen LogP contribution in [0.1, 0.15) is 12.8 Å². The van der Waals surface area contributed by atoms with E-state index in [1.54, 1.807) is 36.4 Å². The van der Waals surface area contributed by atoms with Crippen molar-refractivity contribution in [3.05, 3.63) is 53.0 Å². The summed E-state index contributed by atoms with van der Waals surface area (Å²) < 4.78 is 38.5. The number of methoxy groups -OCH3 is 1. The molecule has 3 rings (SSSR count). The molecule has 6 nitrogen and oxygen atoms in total. The minimum absolute atomic E-state index is 0.115. The Kier molecular flexibility index (Phi) is 6.18. The number of piperidine rings is 1. The van der Waals surface area contributed by atoms with E-state index < -0.39 is 21.9 Å². The molecule has 0 aromatic heterocycles. The van der Waals surface area contributed by atoms with Crippen LogP contribution < -0.4 is 9.47 Å². The first-order valence-corrected chi connectivity index (χ1v) is 10.7. The highest BCUT2D eigenvalue weighted by molar-refractivity contribution is 9.10. The van der Waals surface area contributed by atoms with Crippen LogP contribution in [0.25, 0.3) is 0 Å². The Labute approximate surface area is 167 Å². The lowest BCUT2D eigenvalue weighted by molar-refractivity contribution is -0.140. The molecular weight excluding hydrogens is 434 g/mol. The van der Waals surface area contributed by atoms with Crippen molar-refractivity contribution in [2.45, 2.75) is 17.7 Å². The highest BCUT2D eigenvalue weighted by Gasteiger charge is 2.34. The van der Waals surface area contributed by atoms with Crippen LogP contribution in [0.5, 0.6) is 11.5 Å². The highest BCUT2D eigenvalue weighted by Crippen LogP contribution is 2.26. The van der Waals surface area contributed by atoms with E-state index in [1.165, 1.54) is 23.5 Å². The van der Waals surface area contributed by atoms with E-state index in [4.69, 9.17) is 9.47 Å².